The first-order valence-corrected chi connectivity index (χ1v) is 9.27. The molecule has 1 aliphatic heterocycles. The van der Waals surface area contributed by atoms with Crippen LogP contribution in [0, 0.1) is 11.7 Å². The molecule has 1 fully saturated rings. The Morgan fingerprint density at radius 1 is 1.18 bits per heavy atom. The number of amides is 1. The topological polar surface area (TPSA) is 75.9 Å². The predicted octanol–water partition coefficient (Wildman–Crippen LogP) is 3.29. The van der Waals surface area contributed by atoms with Crippen LogP contribution in [0.2, 0.25) is 0 Å². The Morgan fingerprint density at radius 3 is 2.75 bits per heavy atom. The predicted molar refractivity (Wildman–Crippen MR) is 104 cm³/mol. The Morgan fingerprint density at radius 2 is 1.96 bits per heavy atom. The molecule has 1 saturated heterocycles. The number of hydrogen-bond donors (Lipinski definition) is 1. The first-order valence-electron chi connectivity index (χ1n) is 9.27. The lowest BCUT2D eigenvalue weighted by atomic mass is 10.0. The van der Waals surface area contributed by atoms with Crippen LogP contribution in [0.5, 0.6) is 0 Å². The summed E-state index contributed by atoms with van der Waals surface area (Å²) in [7, 11) is 0. The molecule has 1 amide bonds. The highest BCUT2D eigenvalue weighted by molar-refractivity contribution is 6.02. The maximum atomic E-state index is 13.0. The van der Waals surface area contributed by atoms with E-state index in [-0.39, 0.29) is 17.4 Å². The largest absolute Gasteiger partial charge is 0.356 e. The molecule has 3 heterocycles. The number of piperidine rings is 1. The van der Waals surface area contributed by atoms with Gasteiger partial charge in [0.05, 0.1) is 0 Å². The summed E-state index contributed by atoms with van der Waals surface area (Å²) in [4.78, 5) is 27.5. The van der Waals surface area contributed by atoms with Gasteiger partial charge in [-0.15, -0.1) is 0 Å². The van der Waals surface area contributed by atoms with E-state index in [2.05, 4.69) is 32.1 Å². The SMILES string of the molecule is CC1CCCN(c2cc(-n3cnc(C(=O)Nc4ccc(F)cc4)c3)ncn2)C1. The molecule has 1 N–H and O–H groups in total. The van der Waals surface area contributed by atoms with Gasteiger partial charge in [-0.2, -0.15) is 0 Å². The van der Waals surface area contributed by atoms with Gasteiger partial charge in [-0.05, 0) is 43.0 Å². The minimum Gasteiger partial charge on any atom is -0.356 e. The first-order chi connectivity index (χ1) is 13.6. The van der Waals surface area contributed by atoms with Crippen molar-refractivity contribution in [1.82, 2.24) is 19.5 Å². The molecule has 1 aromatic carbocycles. The molecular weight excluding hydrogens is 359 g/mol. The molecule has 1 atom stereocenters. The normalized spacial score (nSPS) is 16.8. The van der Waals surface area contributed by atoms with Crippen LogP contribution in [0.3, 0.4) is 0 Å². The van der Waals surface area contributed by atoms with Crippen LogP contribution in [-0.4, -0.2) is 38.5 Å². The highest BCUT2D eigenvalue weighted by Crippen LogP contribution is 2.22. The van der Waals surface area contributed by atoms with E-state index in [0.717, 1.165) is 25.3 Å². The number of anilines is 2. The van der Waals surface area contributed by atoms with Gasteiger partial charge in [-0.25, -0.2) is 19.3 Å². The molecule has 3 aromatic rings. The fourth-order valence-corrected chi connectivity index (χ4v) is 3.34. The van der Waals surface area contributed by atoms with Crippen molar-refractivity contribution < 1.29 is 9.18 Å². The van der Waals surface area contributed by atoms with Crippen molar-refractivity contribution in [2.24, 2.45) is 5.92 Å². The fourth-order valence-electron chi connectivity index (χ4n) is 3.34. The molecule has 0 bridgehead atoms. The molecule has 4 rings (SSSR count). The van der Waals surface area contributed by atoms with Gasteiger partial charge in [0.15, 0.2) is 0 Å². The molecule has 1 unspecified atom stereocenters. The molecule has 1 aliphatic rings. The fraction of sp³-hybridized carbons (Fsp3) is 0.300. The summed E-state index contributed by atoms with van der Waals surface area (Å²) in [5, 5.41) is 2.70. The van der Waals surface area contributed by atoms with Crippen molar-refractivity contribution in [2.45, 2.75) is 19.8 Å². The first kappa shape index (κ1) is 18.1. The number of carbonyl (C=O) groups excluding carboxylic acids is 1. The number of rotatable bonds is 4. The van der Waals surface area contributed by atoms with Crippen molar-refractivity contribution in [2.75, 3.05) is 23.3 Å². The van der Waals surface area contributed by atoms with Crippen LogP contribution < -0.4 is 10.2 Å². The van der Waals surface area contributed by atoms with Crippen molar-refractivity contribution in [3.05, 3.63) is 60.7 Å². The molecule has 2 aromatic heterocycles. The van der Waals surface area contributed by atoms with Crippen LogP contribution >= 0.6 is 0 Å². The highest BCUT2D eigenvalue weighted by Gasteiger charge is 2.18. The molecule has 7 nitrogen and oxygen atoms in total. The zero-order valence-electron chi connectivity index (χ0n) is 15.5. The summed E-state index contributed by atoms with van der Waals surface area (Å²) in [6, 6.07) is 7.48. The van der Waals surface area contributed by atoms with Crippen LogP contribution in [0.25, 0.3) is 5.82 Å². The lowest BCUT2D eigenvalue weighted by Gasteiger charge is -2.31. The lowest BCUT2D eigenvalue weighted by Crippen LogP contribution is -2.34. The van der Waals surface area contributed by atoms with E-state index in [4.69, 9.17) is 0 Å². The van der Waals surface area contributed by atoms with Crippen molar-refractivity contribution in [3.63, 3.8) is 0 Å². The number of carbonyl (C=O) groups is 1. The van der Waals surface area contributed by atoms with Crippen LogP contribution in [0.4, 0.5) is 15.9 Å². The van der Waals surface area contributed by atoms with E-state index in [1.54, 1.807) is 17.1 Å². The molecule has 0 radical (unpaired) electrons. The third kappa shape index (κ3) is 4.00. The number of aromatic nitrogens is 4. The van der Waals surface area contributed by atoms with E-state index in [9.17, 15) is 9.18 Å². The number of benzene rings is 1. The number of hydrogen-bond acceptors (Lipinski definition) is 5. The third-order valence-corrected chi connectivity index (χ3v) is 4.80. The Kier molecular flexibility index (Phi) is 5.01. The van der Waals surface area contributed by atoms with Crippen LogP contribution in [0.1, 0.15) is 30.3 Å². The van der Waals surface area contributed by atoms with Crippen molar-refractivity contribution in [1.29, 1.82) is 0 Å². The highest BCUT2D eigenvalue weighted by atomic mass is 19.1. The molecule has 0 spiro atoms. The molecule has 28 heavy (non-hydrogen) atoms. The third-order valence-electron chi connectivity index (χ3n) is 4.80. The molecule has 8 heteroatoms. The quantitative estimate of drug-likeness (QED) is 0.752. The standard InChI is InChI=1S/C20H21FN6O/c1-14-3-2-8-26(10-14)18-9-19(23-12-22-18)27-11-17(24-13-27)20(28)25-16-6-4-15(21)5-7-16/h4-7,9,11-14H,2-3,8,10H2,1H3,(H,25,28). The Balaban J connectivity index is 1.50. The molecule has 0 aliphatic carbocycles. The maximum Gasteiger partial charge on any atom is 0.275 e. The van der Waals surface area contributed by atoms with Crippen LogP contribution in [-0.2, 0) is 0 Å². The minimum absolute atomic E-state index is 0.246. The second-order valence-electron chi connectivity index (χ2n) is 7.06. The van der Waals surface area contributed by atoms with Crippen molar-refractivity contribution >= 4 is 17.4 Å². The zero-order valence-corrected chi connectivity index (χ0v) is 15.5. The minimum atomic E-state index is -0.371. The Hall–Kier alpha value is -3.29. The second-order valence-corrected chi connectivity index (χ2v) is 7.06. The summed E-state index contributed by atoms with van der Waals surface area (Å²) in [5.41, 5.74) is 0.751. The van der Waals surface area contributed by atoms with Gasteiger partial charge < -0.3 is 10.2 Å². The van der Waals surface area contributed by atoms with Gasteiger partial charge in [-0.1, -0.05) is 6.92 Å². The van der Waals surface area contributed by atoms with Gasteiger partial charge in [0.25, 0.3) is 5.91 Å². The second kappa shape index (κ2) is 7.75. The van der Waals surface area contributed by atoms with Gasteiger partial charge in [0.2, 0.25) is 0 Å². The van der Waals surface area contributed by atoms with E-state index >= 15 is 0 Å². The van der Waals surface area contributed by atoms with Gasteiger partial charge in [0, 0.05) is 31.0 Å². The summed E-state index contributed by atoms with van der Waals surface area (Å²) in [5.74, 6) is 1.44. The monoisotopic (exact) mass is 380 g/mol. The number of halogens is 1. The summed E-state index contributed by atoms with van der Waals surface area (Å²) < 4.78 is 14.7. The van der Waals surface area contributed by atoms with E-state index < -0.39 is 0 Å². The summed E-state index contributed by atoms with van der Waals surface area (Å²) >= 11 is 0. The van der Waals surface area contributed by atoms with Crippen LogP contribution in [0.15, 0.2) is 49.2 Å². The van der Waals surface area contributed by atoms with E-state index in [1.807, 2.05) is 6.07 Å². The Bertz CT molecular complexity index is 971. The molecular formula is C20H21FN6O. The summed E-state index contributed by atoms with van der Waals surface area (Å²) in [6.07, 6.45) is 7.08. The van der Waals surface area contributed by atoms with Gasteiger partial charge in [0.1, 0.15) is 35.8 Å². The van der Waals surface area contributed by atoms with Crippen molar-refractivity contribution in [3.8, 4) is 5.82 Å². The maximum absolute atomic E-state index is 13.0. The summed E-state index contributed by atoms with van der Waals surface area (Å²) in [6.45, 7) is 4.21. The van der Waals surface area contributed by atoms with E-state index in [1.165, 1.54) is 37.0 Å². The number of nitrogens with one attached hydrogen (secondary N) is 1. The average Bonchev–Trinajstić information content (AvgIpc) is 3.20. The van der Waals surface area contributed by atoms with Gasteiger partial charge in [-0.3, -0.25) is 9.36 Å². The smallest absolute Gasteiger partial charge is 0.275 e. The Labute approximate surface area is 162 Å². The van der Waals surface area contributed by atoms with E-state index in [0.29, 0.717) is 17.4 Å². The average molecular weight is 380 g/mol. The van der Waals surface area contributed by atoms with Gasteiger partial charge >= 0.3 is 0 Å². The molecule has 144 valence electrons. The molecule has 0 saturated carbocycles. The number of nitrogens with zero attached hydrogens (tertiary/aromatic N) is 5. The number of imidazole rings is 1. The zero-order chi connectivity index (χ0) is 19.5. The lowest BCUT2D eigenvalue weighted by molar-refractivity contribution is 0.102.